The highest BCUT2D eigenvalue weighted by Crippen LogP contribution is 2.33. The van der Waals surface area contributed by atoms with E-state index in [0.717, 1.165) is 12.8 Å². The fourth-order valence-electron chi connectivity index (χ4n) is 3.15. The number of rotatable bonds is 3. The summed E-state index contributed by atoms with van der Waals surface area (Å²) >= 11 is 0. The summed E-state index contributed by atoms with van der Waals surface area (Å²) in [5.74, 6) is 1.76. The normalized spacial score (nSPS) is 21.8. The van der Waals surface area contributed by atoms with Gasteiger partial charge >= 0.3 is 0 Å². The summed E-state index contributed by atoms with van der Waals surface area (Å²) in [5.41, 5.74) is 1.28. The van der Waals surface area contributed by atoms with Crippen molar-refractivity contribution < 1.29 is 4.79 Å². The van der Waals surface area contributed by atoms with E-state index in [2.05, 4.69) is 15.3 Å². The molecule has 2 aliphatic carbocycles. The number of ketones is 1. The van der Waals surface area contributed by atoms with Crippen LogP contribution in [0.4, 0.5) is 5.95 Å². The molecule has 0 aliphatic heterocycles. The molecule has 0 saturated heterocycles. The van der Waals surface area contributed by atoms with Gasteiger partial charge in [-0.3, -0.25) is 4.79 Å². The zero-order chi connectivity index (χ0) is 13.1. The first kappa shape index (κ1) is 12.6. The molecule has 0 spiro atoms. The van der Waals surface area contributed by atoms with Crippen molar-refractivity contribution in [2.75, 3.05) is 5.32 Å². The van der Waals surface area contributed by atoms with Crippen LogP contribution in [0, 0.1) is 0 Å². The van der Waals surface area contributed by atoms with Crippen LogP contribution in [0.5, 0.6) is 0 Å². The minimum Gasteiger partial charge on any atom is -0.351 e. The molecule has 1 aromatic heterocycles. The zero-order valence-electron chi connectivity index (χ0n) is 11.3. The van der Waals surface area contributed by atoms with Crippen molar-refractivity contribution in [1.82, 2.24) is 9.97 Å². The average Bonchev–Trinajstić information content (AvgIpc) is 2.96. The Labute approximate surface area is 114 Å². The predicted octanol–water partition coefficient (Wildman–Crippen LogP) is 3.06. The molecule has 1 heterocycles. The lowest BCUT2D eigenvalue weighted by Gasteiger charge is -2.22. The molecule has 2 saturated carbocycles. The summed E-state index contributed by atoms with van der Waals surface area (Å²) in [6.07, 6.45) is 12.4. The maximum atomic E-state index is 11.2. The molecule has 1 aromatic rings. The van der Waals surface area contributed by atoms with Gasteiger partial charge in [-0.05, 0) is 37.2 Å². The molecule has 2 fully saturated rings. The fraction of sp³-hybridized carbons (Fsp3) is 0.667. The minimum atomic E-state index is 0.357. The van der Waals surface area contributed by atoms with Crippen molar-refractivity contribution in [2.24, 2.45) is 0 Å². The zero-order valence-corrected chi connectivity index (χ0v) is 11.3. The van der Waals surface area contributed by atoms with E-state index in [9.17, 15) is 4.79 Å². The molecule has 0 amide bonds. The molecule has 3 rings (SSSR count). The molecular formula is C15H21N3O. The number of nitrogens with one attached hydrogen (secondary N) is 1. The van der Waals surface area contributed by atoms with Gasteiger partial charge in [-0.1, -0.05) is 12.8 Å². The monoisotopic (exact) mass is 259 g/mol. The topological polar surface area (TPSA) is 54.9 Å². The van der Waals surface area contributed by atoms with E-state index in [1.807, 2.05) is 12.4 Å². The third-order valence-corrected chi connectivity index (χ3v) is 4.37. The summed E-state index contributed by atoms with van der Waals surface area (Å²) < 4.78 is 0. The number of anilines is 1. The van der Waals surface area contributed by atoms with E-state index < -0.39 is 0 Å². The number of hydrogen-bond acceptors (Lipinski definition) is 4. The molecule has 0 atom stereocenters. The van der Waals surface area contributed by atoms with Gasteiger partial charge in [-0.25, -0.2) is 9.97 Å². The highest BCUT2D eigenvalue weighted by atomic mass is 16.1. The van der Waals surface area contributed by atoms with E-state index in [0.29, 0.717) is 36.5 Å². The first-order chi connectivity index (χ1) is 9.31. The number of aromatic nitrogens is 2. The molecule has 0 bridgehead atoms. The Bertz CT molecular complexity index is 427. The Kier molecular flexibility index (Phi) is 3.76. The SMILES string of the molecule is O=C1CCC(Nc2ncc(C3CCCC3)cn2)CC1. The van der Waals surface area contributed by atoms with Crippen LogP contribution < -0.4 is 5.32 Å². The summed E-state index contributed by atoms with van der Waals surface area (Å²) in [7, 11) is 0. The van der Waals surface area contributed by atoms with Crippen LogP contribution in [0.25, 0.3) is 0 Å². The van der Waals surface area contributed by atoms with Crippen molar-refractivity contribution >= 4 is 11.7 Å². The first-order valence-corrected chi connectivity index (χ1v) is 7.41. The van der Waals surface area contributed by atoms with E-state index in [1.165, 1.54) is 31.2 Å². The van der Waals surface area contributed by atoms with Crippen molar-refractivity contribution in [1.29, 1.82) is 0 Å². The van der Waals surface area contributed by atoms with Gasteiger partial charge in [0.15, 0.2) is 0 Å². The summed E-state index contributed by atoms with van der Waals surface area (Å²) in [6.45, 7) is 0. The lowest BCUT2D eigenvalue weighted by atomic mass is 9.94. The van der Waals surface area contributed by atoms with Crippen molar-refractivity contribution in [2.45, 2.75) is 63.3 Å². The number of nitrogens with zero attached hydrogens (tertiary/aromatic N) is 2. The van der Waals surface area contributed by atoms with Crippen LogP contribution in [0.3, 0.4) is 0 Å². The Morgan fingerprint density at radius 2 is 1.63 bits per heavy atom. The van der Waals surface area contributed by atoms with Gasteiger partial charge in [-0.2, -0.15) is 0 Å². The second-order valence-corrected chi connectivity index (χ2v) is 5.78. The molecule has 0 aromatic carbocycles. The van der Waals surface area contributed by atoms with Crippen LogP contribution in [-0.2, 0) is 4.79 Å². The van der Waals surface area contributed by atoms with Gasteiger partial charge in [0, 0.05) is 31.3 Å². The maximum Gasteiger partial charge on any atom is 0.222 e. The summed E-state index contributed by atoms with van der Waals surface area (Å²) in [5, 5.41) is 3.34. The molecule has 1 N–H and O–H groups in total. The highest BCUT2D eigenvalue weighted by Gasteiger charge is 2.20. The van der Waals surface area contributed by atoms with Crippen LogP contribution >= 0.6 is 0 Å². The summed E-state index contributed by atoms with van der Waals surface area (Å²) in [4.78, 5) is 20.1. The number of hydrogen-bond donors (Lipinski definition) is 1. The Morgan fingerprint density at radius 1 is 1.00 bits per heavy atom. The largest absolute Gasteiger partial charge is 0.351 e. The minimum absolute atomic E-state index is 0.357. The molecule has 0 unspecified atom stereocenters. The van der Waals surface area contributed by atoms with E-state index in [4.69, 9.17) is 0 Å². The van der Waals surface area contributed by atoms with Gasteiger partial charge in [-0.15, -0.1) is 0 Å². The molecule has 0 radical (unpaired) electrons. The Balaban J connectivity index is 1.58. The van der Waals surface area contributed by atoms with Crippen LogP contribution in [0.2, 0.25) is 0 Å². The standard InChI is InChI=1S/C15H21N3O/c19-14-7-5-13(6-8-14)18-15-16-9-12(10-17-15)11-3-1-2-4-11/h9-11,13H,1-8H2,(H,16,17,18). The molecule has 19 heavy (non-hydrogen) atoms. The lowest BCUT2D eigenvalue weighted by Crippen LogP contribution is -2.26. The van der Waals surface area contributed by atoms with E-state index in [-0.39, 0.29) is 0 Å². The molecule has 2 aliphatic rings. The average molecular weight is 259 g/mol. The smallest absolute Gasteiger partial charge is 0.222 e. The van der Waals surface area contributed by atoms with Crippen molar-refractivity contribution in [3.8, 4) is 0 Å². The van der Waals surface area contributed by atoms with Gasteiger partial charge in [0.2, 0.25) is 5.95 Å². The molecule has 102 valence electrons. The van der Waals surface area contributed by atoms with Gasteiger partial charge in [0.1, 0.15) is 5.78 Å². The van der Waals surface area contributed by atoms with Gasteiger partial charge in [0.05, 0.1) is 0 Å². The Morgan fingerprint density at radius 3 is 2.26 bits per heavy atom. The van der Waals surface area contributed by atoms with E-state index in [1.54, 1.807) is 0 Å². The quantitative estimate of drug-likeness (QED) is 0.906. The lowest BCUT2D eigenvalue weighted by molar-refractivity contribution is -0.120. The van der Waals surface area contributed by atoms with Crippen molar-refractivity contribution in [3.05, 3.63) is 18.0 Å². The maximum absolute atomic E-state index is 11.2. The molecule has 4 heteroatoms. The van der Waals surface area contributed by atoms with E-state index >= 15 is 0 Å². The molecule has 4 nitrogen and oxygen atoms in total. The number of carbonyl (C=O) groups is 1. The van der Waals surface area contributed by atoms with Gasteiger partial charge in [0.25, 0.3) is 0 Å². The third-order valence-electron chi connectivity index (χ3n) is 4.37. The fourth-order valence-corrected chi connectivity index (χ4v) is 3.15. The third kappa shape index (κ3) is 3.11. The Hall–Kier alpha value is -1.45. The summed E-state index contributed by atoms with van der Waals surface area (Å²) in [6, 6.07) is 0.357. The number of Topliss-reactive ketones (excluding diaryl/α,β-unsaturated/α-hetero) is 1. The molecular weight excluding hydrogens is 238 g/mol. The van der Waals surface area contributed by atoms with Crippen molar-refractivity contribution in [3.63, 3.8) is 0 Å². The first-order valence-electron chi connectivity index (χ1n) is 7.41. The van der Waals surface area contributed by atoms with Gasteiger partial charge < -0.3 is 5.32 Å². The number of carbonyl (C=O) groups excluding carboxylic acids is 1. The van der Waals surface area contributed by atoms with Crippen LogP contribution in [0.15, 0.2) is 12.4 Å². The predicted molar refractivity (Wildman–Crippen MR) is 74.1 cm³/mol. The van der Waals surface area contributed by atoms with Crippen LogP contribution in [-0.4, -0.2) is 21.8 Å². The second kappa shape index (κ2) is 5.68. The van der Waals surface area contributed by atoms with Crippen LogP contribution in [0.1, 0.15) is 62.8 Å². The second-order valence-electron chi connectivity index (χ2n) is 5.78. The highest BCUT2D eigenvalue weighted by molar-refractivity contribution is 5.79.